The second kappa shape index (κ2) is 17.9. The second-order valence-electron chi connectivity index (χ2n) is 16.1. The third-order valence-electron chi connectivity index (χ3n) is 12.2. The number of hydrogen-bond donors (Lipinski definition) is 0. The average molecular weight is 997 g/mol. The Morgan fingerprint density at radius 1 is 0.479 bits per heavy atom. The molecule has 4 heterocycles. The van der Waals surface area contributed by atoms with E-state index in [0.29, 0.717) is 0 Å². The first-order valence-corrected chi connectivity index (χ1v) is 20.8. The van der Waals surface area contributed by atoms with E-state index < -0.39 is 154 Å². The summed E-state index contributed by atoms with van der Waals surface area (Å²) >= 11 is 0. The lowest BCUT2D eigenvalue weighted by atomic mass is 9.82. The molecular formula is C53H20F12N8. The van der Waals surface area contributed by atoms with Gasteiger partial charge in [-0.05, 0) is 83.5 Å². The van der Waals surface area contributed by atoms with Crippen molar-refractivity contribution < 1.29 is 52.7 Å². The molecule has 0 atom stereocenters. The van der Waals surface area contributed by atoms with Crippen molar-refractivity contribution in [2.45, 2.75) is 20.8 Å². The molecule has 0 bridgehead atoms. The number of halogens is 12. The van der Waals surface area contributed by atoms with Crippen molar-refractivity contribution in [1.29, 1.82) is 10.5 Å². The van der Waals surface area contributed by atoms with Crippen LogP contribution in [-0.2, 0) is 0 Å². The molecule has 8 nitrogen and oxygen atoms in total. The summed E-state index contributed by atoms with van der Waals surface area (Å²) in [6, 6.07) is 15.7. The monoisotopic (exact) mass is 996 g/mol. The Morgan fingerprint density at radius 3 is 1.51 bits per heavy atom. The molecule has 4 aromatic heterocycles. The normalized spacial score (nSPS) is 14.1. The van der Waals surface area contributed by atoms with Crippen molar-refractivity contribution in [2.24, 2.45) is 0 Å². The van der Waals surface area contributed by atoms with E-state index in [0.717, 1.165) is 12.1 Å². The number of aryl methyl sites for hydroxylation is 2. The Balaban J connectivity index is 1.59. The number of benzene rings is 3. The number of fused-ring (bicyclic) bond motifs is 2. The van der Waals surface area contributed by atoms with Gasteiger partial charge in [-0.3, -0.25) is 4.98 Å². The molecule has 0 radical (unpaired) electrons. The number of nitrogens with zero attached hydrogens (tertiary/aromatic N) is 8. The molecule has 0 saturated carbocycles. The fourth-order valence-electron chi connectivity index (χ4n) is 8.97. The van der Waals surface area contributed by atoms with Crippen LogP contribution in [0.2, 0.25) is 0 Å². The Bertz CT molecular complexity index is 3850. The average Bonchev–Trinajstić information content (AvgIpc) is 3.86. The lowest BCUT2D eigenvalue weighted by Gasteiger charge is -2.22. The molecule has 0 saturated heterocycles. The zero-order chi connectivity index (χ0) is 52.6. The largest absolute Gasteiger partial charge is 0.255 e. The van der Waals surface area contributed by atoms with Gasteiger partial charge in [0.1, 0.15) is 6.07 Å². The molecule has 73 heavy (non-hydrogen) atoms. The molecule has 356 valence electrons. The molecule has 20 heteroatoms. The number of allylic oxidation sites excluding steroid dienone is 5. The summed E-state index contributed by atoms with van der Waals surface area (Å²) in [6.07, 6.45) is 0. The smallest absolute Gasteiger partial charge is 0.252 e. The van der Waals surface area contributed by atoms with Crippen molar-refractivity contribution >= 4 is 50.4 Å². The summed E-state index contributed by atoms with van der Waals surface area (Å²) in [5.41, 5.74) is -13.8. The Labute approximate surface area is 403 Å². The van der Waals surface area contributed by atoms with E-state index in [1.54, 1.807) is 0 Å². The molecule has 0 unspecified atom stereocenters. The van der Waals surface area contributed by atoms with Crippen LogP contribution in [0, 0.1) is 127 Å². The van der Waals surface area contributed by atoms with Crippen molar-refractivity contribution in [1.82, 2.24) is 19.9 Å². The van der Waals surface area contributed by atoms with Crippen LogP contribution in [0.4, 0.5) is 58.4 Å². The van der Waals surface area contributed by atoms with Crippen molar-refractivity contribution in [2.75, 3.05) is 0 Å². The molecule has 9 rings (SSSR count). The minimum atomic E-state index is -2.34. The van der Waals surface area contributed by atoms with E-state index in [1.807, 2.05) is 12.1 Å². The maximum absolute atomic E-state index is 17.0. The first kappa shape index (κ1) is 48.4. The highest BCUT2D eigenvalue weighted by Crippen LogP contribution is 2.58. The maximum atomic E-state index is 17.0. The number of pyridine rings is 4. The van der Waals surface area contributed by atoms with Gasteiger partial charge in [-0.15, -0.1) is 0 Å². The molecule has 0 amide bonds. The molecule has 0 N–H and O–H groups in total. The SMILES string of the molecule is [C-]#[N+]C1=C(c2ccc([N+]#[C-])cc2)/C(=C(\c2cc(F)nc(F)c2F)c2c(F)c(F)nc(F)c2F)c2cc3c(cc21)/C(=C(\c1c(C)c(C)nc(C)c1F)c1c(F)c(F)nc(F)c1F)C(c1ccc(C#N)cc1)=C3C#N. The summed E-state index contributed by atoms with van der Waals surface area (Å²) in [5, 5.41) is 20.9. The van der Waals surface area contributed by atoms with Gasteiger partial charge in [0.15, 0.2) is 40.6 Å². The number of rotatable bonds is 6. The number of nitriles is 2. The third-order valence-corrected chi connectivity index (χ3v) is 12.2. The van der Waals surface area contributed by atoms with Gasteiger partial charge in [0.05, 0.1) is 47.2 Å². The van der Waals surface area contributed by atoms with Gasteiger partial charge >= 0.3 is 0 Å². The highest BCUT2D eigenvalue weighted by molar-refractivity contribution is 6.34. The van der Waals surface area contributed by atoms with Gasteiger partial charge in [-0.25, -0.2) is 36.0 Å². The van der Waals surface area contributed by atoms with E-state index in [2.05, 4.69) is 29.6 Å². The van der Waals surface area contributed by atoms with Crippen LogP contribution in [0.5, 0.6) is 0 Å². The summed E-state index contributed by atoms with van der Waals surface area (Å²) in [4.78, 5) is 19.1. The molecule has 2 aliphatic rings. The van der Waals surface area contributed by atoms with Crippen molar-refractivity contribution in [3.63, 3.8) is 0 Å². The van der Waals surface area contributed by atoms with E-state index in [1.165, 1.54) is 69.3 Å². The number of aromatic nitrogens is 4. The highest BCUT2D eigenvalue weighted by atomic mass is 19.2. The summed E-state index contributed by atoms with van der Waals surface area (Å²) in [5.74, 6) is -25.5. The Kier molecular flexibility index (Phi) is 11.9. The van der Waals surface area contributed by atoms with Gasteiger partial charge in [0.2, 0.25) is 11.6 Å². The van der Waals surface area contributed by atoms with Gasteiger partial charge in [0.25, 0.3) is 29.7 Å². The topological polar surface area (TPSA) is 108 Å². The predicted molar refractivity (Wildman–Crippen MR) is 239 cm³/mol. The summed E-state index contributed by atoms with van der Waals surface area (Å²) in [6.45, 7) is 19.8. The fraction of sp³-hybridized carbons (Fsp3) is 0.0566. The summed E-state index contributed by atoms with van der Waals surface area (Å²) < 4.78 is 191. The van der Waals surface area contributed by atoms with Gasteiger partial charge in [-0.2, -0.15) is 51.8 Å². The minimum Gasteiger partial charge on any atom is -0.255 e. The standard InChI is InChI=1S/C53H20F12N8/c1-19-20(2)70-21(3)42(55)33(19)39(41-46(59)52(64)73-53(65)47(41)60)36-27-15-29-28(14-26(27)31(18-67)34(36)23-8-6-22(17-66)7-9-23)37(35(48(29)69-5)24-10-12-25(68-4)13-11-24)38(30-16-32(54)71-49(61)43(30)56)40-44(57)50(62)72-51(63)45(40)58/h6-16H,1-3H3/b38-37+,39-36-. The summed E-state index contributed by atoms with van der Waals surface area (Å²) in [7, 11) is 0. The predicted octanol–water partition coefficient (Wildman–Crippen LogP) is 13.5. The minimum absolute atomic E-state index is 0.0253. The first-order chi connectivity index (χ1) is 34.8. The van der Waals surface area contributed by atoms with Crippen LogP contribution < -0.4 is 0 Å². The quantitative estimate of drug-likeness (QED) is 0.0933. The molecule has 7 aromatic rings. The maximum Gasteiger partial charge on any atom is 0.252 e. The van der Waals surface area contributed by atoms with Crippen LogP contribution in [0.1, 0.15) is 78.1 Å². The van der Waals surface area contributed by atoms with Crippen LogP contribution >= 0.6 is 0 Å². The third kappa shape index (κ3) is 7.47. The van der Waals surface area contributed by atoms with E-state index >= 15 is 52.7 Å². The molecule has 0 spiro atoms. The van der Waals surface area contributed by atoms with Crippen LogP contribution in [0.15, 0.2) is 66.7 Å². The van der Waals surface area contributed by atoms with E-state index in [4.69, 9.17) is 13.1 Å². The molecule has 0 aliphatic heterocycles. The Morgan fingerprint density at radius 2 is 0.973 bits per heavy atom. The second-order valence-corrected chi connectivity index (χ2v) is 16.1. The Hall–Kier alpha value is -9.66. The molecule has 2 aliphatic carbocycles. The van der Waals surface area contributed by atoms with Crippen LogP contribution in [0.3, 0.4) is 0 Å². The fourth-order valence-corrected chi connectivity index (χ4v) is 8.97. The zero-order valence-corrected chi connectivity index (χ0v) is 37.0. The van der Waals surface area contributed by atoms with E-state index in [9.17, 15) is 10.5 Å². The molecular weight excluding hydrogens is 977 g/mol. The number of hydrogen-bond acceptors (Lipinski definition) is 6. The van der Waals surface area contributed by atoms with Gasteiger partial charge in [-0.1, -0.05) is 42.5 Å². The highest BCUT2D eigenvalue weighted by Gasteiger charge is 2.42. The molecule has 0 fully saturated rings. The van der Waals surface area contributed by atoms with Crippen LogP contribution in [0.25, 0.3) is 54.4 Å². The van der Waals surface area contributed by atoms with E-state index in [-0.39, 0.29) is 50.8 Å². The lowest BCUT2D eigenvalue weighted by molar-refractivity contribution is 0.403. The lowest BCUT2D eigenvalue weighted by Crippen LogP contribution is -2.12. The zero-order valence-electron chi connectivity index (χ0n) is 37.0. The molecule has 3 aromatic carbocycles. The van der Waals surface area contributed by atoms with Crippen molar-refractivity contribution in [3.8, 4) is 12.1 Å². The van der Waals surface area contributed by atoms with Gasteiger partial charge in [0, 0.05) is 50.7 Å². The first-order valence-electron chi connectivity index (χ1n) is 20.8. The van der Waals surface area contributed by atoms with Crippen LogP contribution in [-0.4, -0.2) is 19.9 Å². The van der Waals surface area contributed by atoms with Crippen molar-refractivity contribution in [3.05, 3.63) is 238 Å². The van der Waals surface area contributed by atoms with Gasteiger partial charge < -0.3 is 0 Å².